The third kappa shape index (κ3) is 5.18. The van der Waals surface area contributed by atoms with Gasteiger partial charge >= 0.3 is 0 Å². The van der Waals surface area contributed by atoms with Crippen molar-refractivity contribution in [2.24, 2.45) is 0 Å². The lowest BCUT2D eigenvalue weighted by atomic mass is 10.2. The third-order valence-corrected chi connectivity index (χ3v) is 4.89. The van der Waals surface area contributed by atoms with Crippen molar-refractivity contribution >= 4 is 39.3 Å². The number of methoxy groups -OCH3 is 2. The van der Waals surface area contributed by atoms with E-state index in [2.05, 4.69) is 21.2 Å². The van der Waals surface area contributed by atoms with Crippen LogP contribution < -0.4 is 14.8 Å². The predicted octanol–water partition coefficient (Wildman–Crippen LogP) is 4.34. The Hall–Kier alpha value is -1.66. The van der Waals surface area contributed by atoms with Gasteiger partial charge in [0, 0.05) is 16.3 Å². The second-order valence-electron chi connectivity index (χ2n) is 4.70. The molecule has 0 spiro atoms. The summed E-state index contributed by atoms with van der Waals surface area (Å²) in [5.74, 6) is 2.34. The number of carbonyl (C=O) groups excluding carboxylic acids is 1. The topological polar surface area (TPSA) is 47.6 Å². The molecule has 0 saturated heterocycles. The van der Waals surface area contributed by atoms with Crippen LogP contribution >= 0.6 is 27.7 Å². The van der Waals surface area contributed by atoms with Gasteiger partial charge in [0.05, 0.1) is 25.7 Å². The number of anilines is 1. The van der Waals surface area contributed by atoms with E-state index < -0.39 is 0 Å². The van der Waals surface area contributed by atoms with Crippen molar-refractivity contribution in [2.45, 2.75) is 5.75 Å². The molecule has 0 aliphatic carbocycles. The van der Waals surface area contributed by atoms with Crippen LogP contribution in [-0.4, -0.2) is 25.9 Å². The van der Waals surface area contributed by atoms with Crippen molar-refractivity contribution in [1.82, 2.24) is 0 Å². The number of thioether (sulfide) groups is 1. The van der Waals surface area contributed by atoms with E-state index in [0.29, 0.717) is 22.9 Å². The number of benzene rings is 2. The van der Waals surface area contributed by atoms with Gasteiger partial charge in [-0.1, -0.05) is 34.1 Å². The smallest absolute Gasteiger partial charge is 0.234 e. The van der Waals surface area contributed by atoms with Crippen LogP contribution in [-0.2, 0) is 10.5 Å². The molecular formula is C17H18BrNO3S. The summed E-state index contributed by atoms with van der Waals surface area (Å²) in [4.78, 5) is 12.1. The third-order valence-electron chi connectivity index (χ3n) is 3.13. The van der Waals surface area contributed by atoms with Crippen LogP contribution in [0.4, 0.5) is 5.69 Å². The van der Waals surface area contributed by atoms with Crippen molar-refractivity contribution < 1.29 is 14.3 Å². The van der Waals surface area contributed by atoms with Crippen molar-refractivity contribution in [2.75, 3.05) is 25.3 Å². The molecule has 0 atom stereocenters. The Balaban J connectivity index is 1.89. The molecule has 0 fully saturated rings. The van der Waals surface area contributed by atoms with Crippen LogP contribution in [0.1, 0.15) is 5.56 Å². The lowest BCUT2D eigenvalue weighted by molar-refractivity contribution is -0.113. The highest BCUT2D eigenvalue weighted by Crippen LogP contribution is 2.29. The highest BCUT2D eigenvalue weighted by molar-refractivity contribution is 9.10. The zero-order valence-electron chi connectivity index (χ0n) is 13.0. The van der Waals surface area contributed by atoms with Gasteiger partial charge in [0.15, 0.2) is 0 Å². The Morgan fingerprint density at radius 3 is 2.65 bits per heavy atom. The van der Waals surface area contributed by atoms with Gasteiger partial charge in [0.2, 0.25) is 5.91 Å². The molecule has 0 bridgehead atoms. The number of hydrogen-bond acceptors (Lipinski definition) is 4. The van der Waals surface area contributed by atoms with E-state index in [-0.39, 0.29) is 5.91 Å². The van der Waals surface area contributed by atoms with Gasteiger partial charge in [0.1, 0.15) is 11.5 Å². The van der Waals surface area contributed by atoms with E-state index >= 15 is 0 Å². The number of ether oxygens (including phenoxy) is 2. The summed E-state index contributed by atoms with van der Waals surface area (Å²) in [6.45, 7) is 0. The largest absolute Gasteiger partial charge is 0.497 e. The fourth-order valence-corrected chi connectivity index (χ4v) is 3.40. The van der Waals surface area contributed by atoms with Crippen molar-refractivity contribution in [3.8, 4) is 11.5 Å². The molecule has 0 unspecified atom stereocenters. The molecule has 0 saturated carbocycles. The molecule has 6 heteroatoms. The molecule has 1 amide bonds. The first-order valence-corrected chi connectivity index (χ1v) is 8.92. The van der Waals surface area contributed by atoms with E-state index in [1.807, 2.05) is 24.3 Å². The molecule has 0 heterocycles. The molecule has 0 aromatic heterocycles. The molecular weight excluding hydrogens is 378 g/mol. The van der Waals surface area contributed by atoms with Gasteiger partial charge in [0.25, 0.3) is 0 Å². The number of halogens is 1. The number of hydrogen-bond donors (Lipinski definition) is 1. The second-order valence-corrected chi connectivity index (χ2v) is 6.54. The lowest BCUT2D eigenvalue weighted by Crippen LogP contribution is -2.14. The summed E-state index contributed by atoms with van der Waals surface area (Å²) >= 11 is 5.07. The van der Waals surface area contributed by atoms with Gasteiger partial charge in [-0.15, -0.1) is 11.8 Å². The Kier molecular flexibility index (Phi) is 6.80. The van der Waals surface area contributed by atoms with E-state index in [4.69, 9.17) is 9.47 Å². The van der Waals surface area contributed by atoms with Crippen molar-refractivity contribution in [1.29, 1.82) is 0 Å². The summed E-state index contributed by atoms with van der Waals surface area (Å²) in [5.41, 5.74) is 1.81. The summed E-state index contributed by atoms with van der Waals surface area (Å²) < 4.78 is 11.5. The molecule has 4 nitrogen and oxygen atoms in total. The molecule has 23 heavy (non-hydrogen) atoms. The number of carbonyl (C=O) groups is 1. The lowest BCUT2D eigenvalue weighted by Gasteiger charge is -2.11. The van der Waals surface area contributed by atoms with Gasteiger partial charge in [-0.2, -0.15) is 0 Å². The van der Waals surface area contributed by atoms with Crippen LogP contribution in [0, 0.1) is 0 Å². The highest BCUT2D eigenvalue weighted by atomic mass is 79.9. The van der Waals surface area contributed by atoms with E-state index in [1.54, 1.807) is 44.2 Å². The molecule has 122 valence electrons. The maximum Gasteiger partial charge on any atom is 0.234 e. The Labute approximate surface area is 148 Å². The minimum atomic E-state index is -0.0643. The van der Waals surface area contributed by atoms with Crippen LogP contribution in [0.25, 0.3) is 0 Å². The summed E-state index contributed by atoms with van der Waals surface area (Å²) in [5, 5.41) is 2.86. The second kappa shape index (κ2) is 8.84. The maximum absolute atomic E-state index is 12.1. The van der Waals surface area contributed by atoms with Crippen LogP contribution in [0.2, 0.25) is 0 Å². The first kappa shape index (κ1) is 17.7. The molecule has 0 aliphatic rings. The standard InChI is InChI=1S/C17H18BrNO3S/c1-21-13-7-8-15(16(9-13)22-2)19-17(20)11-23-10-12-5-3-4-6-14(12)18/h3-9H,10-11H2,1-2H3,(H,19,20). The van der Waals surface area contributed by atoms with Crippen molar-refractivity contribution in [3.63, 3.8) is 0 Å². The summed E-state index contributed by atoms with van der Waals surface area (Å²) in [6.07, 6.45) is 0. The fraction of sp³-hybridized carbons (Fsp3) is 0.235. The predicted molar refractivity (Wildman–Crippen MR) is 98.5 cm³/mol. The maximum atomic E-state index is 12.1. The number of nitrogens with one attached hydrogen (secondary N) is 1. The van der Waals surface area contributed by atoms with E-state index in [0.717, 1.165) is 10.2 Å². The monoisotopic (exact) mass is 395 g/mol. The van der Waals surface area contributed by atoms with Gasteiger partial charge < -0.3 is 14.8 Å². The Morgan fingerprint density at radius 1 is 1.17 bits per heavy atom. The molecule has 2 aromatic carbocycles. The minimum absolute atomic E-state index is 0.0643. The average molecular weight is 396 g/mol. The zero-order valence-corrected chi connectivity index (χ0v) is 15.4. The van der Waals surface area contributed by atoms with Crippen LogP contribution in [0.15, 0.2) is 46.9 Å². The van der Waals surface area contributed by atoms with Gasteiger partial charge in [-0.05, 0) is 23.8 Å². The first-order valence-electron chi connectivity index (χ1n) is 6.97. The molecule has 1 N–H and O–H groups in total. The highest BCUT2D eigenvalue weighted by Gasteiger charge is 2.09. The van der Waals surface area contributed by atoms with Crippen LogP contribution in [0.3, 0.4) is 0 Å². The average Bonchev–Trinajstić information content (AvgIpc) is 2.57. The van der Waals surface area contributed by atoms with E-state index in [1.165, 1.54) is 5.56 Å². The zero-order chi connectivity index (χ0) is 16.7. The molecule has 0 radical (unpaired) electrons. The Morgan fingerprint density at radius 2 is 1.96 bits per heavy atom. The fourth-order valence-electron chi connectivity index (χ4n) is 1.96. The SMILES string of the molecule is COc1ccc(NC(=O)CSCc2ccccc2Br)c(OC)c1. The molecule has 0 aliphatic heterocycles. The van der Waals surface area contributed by atoms with Crippen molar-refractivity contribution in [3.05, 3.63) is 52.5 Å². The first-order chi connectivity index (χ1) is 11.1. The van der Waals surface area contributed by atoms with Gasteiger partial charge in [-0.25, -0.2) is 0 Å². The molecule has 2 rings (SSSR count). The van der Waals surface area contributed by atoms with E-state index in [9.17, 15) is 4.79 Å². The van der Waals surface area contributed by atoms with Crippen LogP contribution in [0.5, 0.6) is 11.5 Å². The number of rotatable bonds is 7. The number of amides is 1. The van der Waals surface area contributed by atoms with Gasteiger partial charge in [-0.3, -0.25) is 4.79 Å². The normalized spacial score (nSPS) is 10.2. The summed E-state index contributed by atoms with van der Waals surface area (Å²) in [7, 11) is 3.15. The Bertz CT molecular complexity index is 679. The molecule has 2 aromatic rings. The minimum Gasteiger partial charge on any atom is -0.497 e. The summed E-state index contributed by atoms with van der Waals surface area (Å²) in [6, 6.07) is 13.3. The quantitative estimate of drug-likeness (QED) is 0.757.